The number of hydrogen-bond donors (Lipinski definition) is 1. The SMILES string of the molecule is COC(=O)N1CCC[C@H](N)[C@@H]1COC1CCC(c2ccccc2F)CC1. The van der Waals surface area contributed by atoms with E-state index in [4.69, 9.17) is 15.2 Å². The van der Waals surface area contributed by atoms with Crippen molar-refractivity contribution in [2.24, 2.45) is 5.73 Å². The van der Waals surface area contributed by atoms with Crippen molar-refractivity contribution in [2.45, 2.75) is 62.6 Å². The molecule has 0 unspecified atom stereocenters. The standard InChI is InChI=1S/C20H29FN2O3/c1-25-20(24)23-12-4-7-18(22)19(23)13-26-15-10-8-14(9-11-15)16-5-2-3-6-17(16)21/h2-3,5-6,14-15,18-19H,4,7-13,22H2,1H3/t14?,15?,18-,19-/m0/s1. The highest BCUT2D eigenvalue weighted by molar-refractivity contribution is 5.68. The molecule has 6 heteroatoms. The average Bonchev–Trinajstić information content (AvgIpc) is 2.67. The molecule has 1 saturated heterocycles. The number of likely N-dealkylation sites (tertiary alicyclic amines) is 1. The number of halogens is 1. The predicted octanol–water partition coefficient (Wildman–Crippen LogP) is 3.43. The maximum atomic E-state index is 14.0. The molecule has 3 rings (SSSR count). The Hall–Kier alpha value is -1.66. The first-order chi connectivity index (χ1) is 12.6. The molecule has 2 N–H and O–H groups in total. The molecular formula is C20H29FN2O3. The van der Waals surface area contributed by atoms with Crippen molar-refractivity contribution in [3.05, 3.63) is 35.6 Å². The number of rotatable bonds is 4. The van der Waals surface area contributed by atoms with E-state index in [0.717, 1.165) is 44.1 Å². The Morgan fingerprint density at radius 1 is 1.23 bits per heavy atom. The van der Waals surface area contributed by atoms with Crippen LogP contribution >= 0.6 is 0 Å². The van der Waals surface area contributed by atoms with Crippen LogP contribution < -0.4 is 5.73 Å². The number of nitrogens with zero attached hydrogens (tertiary/aromatic N) is 1. The zero-order valence-electron chi connectivity index (χ0n) is 15.4. The number of piperidine rings is 1. The van der Waals surface area contributed by atoms with Crippen molar-refractivity contribution in [3.63, 3.8) is 0 Å². The number of amides is 1. The van der Waals surface area contributed by atoms with Crippen LogP contribution in [0.1, 0.15) is 50.0 Å². The summed E-state index contributed by atoms with van der Waals surface area (Å²) in [6.45, 7) is 1.10. The number of nitrogens with two attached hydrogens (primary N) is 1. The highest BCUT2D eigenvalue weighted by Gasteiger charge is 2.34. The smallest absolute Gasteiger partial charge is 0.409 e. The number of carbonyl (C=O) groups excluding carboxylic acids is 1. The molecular weight excluding hydrogens is 335 g/mol. The summed E-state index contributed by atoms with van der Waals surface area (Å²) in [6.07, 6.45) is 5.23. The lowest BCUT2D eigenvalue weighted by Gasteiger charge is -2.39. The quantitative estimate of drug-likeness (QED) is 0.889. The fourth-order valence-corrected chi connectivity index (χ4v) is 4.23. The summed E-state index contributed by atoms with van der Waals surface area (Å²) < 4.78 is 24.9. The van der Waals surface area contributed by atoms with E-state index in [1.807, 2.05) is 12.1 Å². The topological polar surface area (TPSA) is 64.8 Å². The van der Waals surface area contributed by atoms with Crippen molar-refractivity contribution in [3.8, 4) is 0 Å². The zero-order valence-corrected chi connectivity index (χ0v) is 15.4. The third-order valence-electron chi connectivity index (χ3n) is 5.76. The molecule has 2 aliphatic rings. The van der Waals surface area contributed by atoms with Gasteiger partial charge < -0.3 is 20.1 Å². The molecule has 2 atom stereocenters. The minimum Gasteiger partial charge on any atom is -0.453 e. The number of ether oxygens (including phenoxy) is 2. The van der Waals surface area contributed by atoms with Gasteiger partial charge in [-0.25, -0.2) is 9.18 Å². The summed E-state index contributed by atoms with van der Waals surface area (Å²) in [5.41, 5.74) is 7.04. The Morgan fingerprint density at radius 3 is 2.65 bits per heavy atom. The van der Waals surface area contributed by atoms with E-state index in [1.54, 1.807) is 11.0 Å². The molecule has 0 bridgehead atoms. The third kappa shape index (κ3) is 4.35. The van der Waals surface area contributed by atoms with Crippen molar-refractivity contribution >= 4 is 6.09 Å². The Bertz CT molecular complexity index is 604. The van der Waals surface area contributed by atoms with Gasteiger partial charge in [0.2, 0.25) is 0 Å². The third-order valence-corrected chi connectivity index (χ3v) is 5.76. The Morgan fingerprint density at radius 2 is 1.96 bits per heavy atom. The van der Waals surface area contributed by atoms with Crippen molar-refractivity contribution in [1.82, 2.24) is 4.90 Å². The number of carbonyl (C=O) groups is 1. The number of methoxy groups -OCH3 is 1. The molecule has 1 aromatic rings. The largest absolute Gasteiger partial charge is 0.453 e. The molecule has 1 aliphatic heterocycles. The van der Waals surface area contributed by atoms with Gasteiger partial charge in [-0.3, -0.25) is 0 Å². The van der Waals surface area contributed by atoms with Crippen LogP contribution in [0, 0.1) is 5.82 Å². The summed E-state index contributed by atoms with van der Waals surface area (Å²) in [6, 6.07) is 6.82. The highest BCUT2D eigenvalue weighted by atomic mass is 19.1. The molecule has 26 heavy (non-hydrogen) atoms. The van der Waals surface area contributed by atoms with Gasteiger partial charge in [0, 0.05) is 12.6 Å². The van der Waals surface area contributed by atoms with Gasteiger partial charge in [-0.1, -0.05) is 18.2 Å². The van der Waals surface area contributed by atoms with Gasteiger partial charge in [0.15, 0.2) is 0 Å². The van der Waals surface area contributed by atoms with E-state index in [1.165, 1.54) is 13.2 Å². The molecule has 0 aromatic heterocycles. The van der Waals surface area contributed by atoms with E-state index in [-0.39, 0.29) is 36.0 Å². The fraction of sp³-hybridized carbons (Fsp3) is 0.650. The minimum atomic E-state index is -0.336. The summed E-state index contributed by atoms with van der Waals surface area (Å²) >= 11 is 0. The first-order valence-electron chi connectivity index (χ1n) is 9.56. The van der Waals surface area contributed by atoms with Gasteiger partial charge >= 0.3 is 6.09 Å². The van der Waals surface area contributed by atoms with Crippen LogP contribution in [0.3, 0.4) is 0 Å². The lowest BCUT2D eigenvalue weighted by Crippen LogP contribution is -2.56. The fourth-order valence-electron chi connectivity index (χ4n) is 4.23. The Balaban J connectivity index is 1.51. The van der Waals surface area contributed by atoms with Gasteiger partial charge in [0.25, 0.3) is 0 Å². The molecule has 2 fully saturated rings. The summed E-state index contributed by atoms with van der Waals surface area (Å²) in [5.74, 6) is 0.151. The van der Waals surface area contributed by atoms with Crippen LogP contribution in [-0.2, 0) is 9.47 Å². The Kier molecular flexibility index (Phi) is 6.48. The maximum absolute atomic E-state index is 14.0. The Labute approximate surface area is 154 Å². The van der Waals surface area contributed by atoms with Crippen molar-refractivity contribution < 1.29 is 18.7 Å². The molecule has 1 heterocycles. The zero-order chi connectivity index (χ0) is 18.5. The molecule has 1 amide bonds. The van der Waals surface area contributed by atoms with E-state index in [0.29, 0.717) is 13.2 Å². The second kappa shape index (κ2) is 8.82. The number of hydrogen-bond acceptors (Lipinski definition) is 4. The second-order valence-corrected chi connectivity index (χ2v) is 7.37. The molecule has 1 aromatic carbocycles. The van der Waals surface area contributed by atoms with Crippen molar-refractivity contribution in [1.29, 1.82) is 0 Å². The van der Waals surface area contributed by atoms with Crippen LogP contribution in [0.4, 0.5) is 9.18 Å². The summed E-state index contributed by atoms with van der Waals surface area (Å²) in [7, 11) is 1.39. The summed E-state index contributed by atoms with van der Waals surface area (Å²) in [5, 5.41) is 0. The van der Waals surface area contributed by atoms with Gasteiger partial charge in [0.1, 0.15) is 5.82 Å². The average molecular weight is 364 g/mol. The number of benzene rings is 1. The lowest BCUT2D eigenvalue weighted by molar-refractivity contribution is -0.0230. The van der Waals surface area contributed by atoms with Gasteiger partial charge in [-0.15, -0.1) is 0 Å². The minimum absolute atomic E-state index is 0.0856. The second-order valence-electron chi connectivity index (χ2n) is 7.37. The monoisotopic (exact) mass is 364 g/mol. The lowest BCUT2D eigenvalue weighted by atomic mass is 9.82. The molecule has 0 radical (unpaired) electrons. The van der Waals surface area contributed by atoms with Crippen molar-refractivity contribution in [2.75, 3.05) is 20.3 Å². The molecule has 1 saturated carbocycles. The molecule has 0 spiro atoms. The first-order valence-corrected chi connectivity index (χ1v) is 9.56. The molecule has 5 nitrogen and oxygen atoms in total. The first kappa shape index (κ1) is 19.1. The van der Waals surface area contributed by atoms with Crippen LogP contribution in [0.15, 0.2) is 24.3 Å². The van der Waals surface area contributed by atoms with Gasteiger partial charge in [0.05, 0.1) is 25.9 Å². The molecule has 144 valence electrons. The maximum Gasteiger partial charge on any atom is 0.409 e. The molecule has 1 aliphatic carbocycles. The van der Waals surface area contributed by atoms with Crippen LogP contribution in [-0.4, -0.2) is 49.4 Å². The van der Waals surface area contributed by atoms with E-state index >= 15 is 0 Å². The predicted molar refractivity (Wildman–Crippen MR) is 97.5 cm³/mol. The highest BCUT2D eigenvalue weighted by Crippen LogP contribution is 2.35. The van der Waals surface area contributed by atoms with E-state index < -0.39 is 0 Å². The van der Waals surface area contributed by atoms with Crippen LogP contribution in [0.2, 0.25) is 0 Å². The van der Waals surface area contributed by atoms with Gasteiger partial charge in [-0.2, -0.15) is 0 Å². The van der Waals surface area contributed by atoms with Gasteiger partial charge in [-0.05, 0) is 56.1 Å². The van der Waals surface area contributed by atoms with Crippen LogP contribution in [0.5, 0.6) is 0 Å². The normalized spacial score (nSPS) is 29.4. The van der Waals surface area contributed by atoms with E-state index in [2.05, 4.69) is 0 Å². The van der Waals surface area contributed by atoms with Crippen LogP contribution in [0.25, 0.3) is 0 Å². The summed E-state index contributed by atoms with van der Waals surface area (Å²) in [4.78, 5) is 13.7. The van der Waals surface area contributed by atoms with E-state index in [9.17, 15) is 9.18 Å².